The summed E-state index contributed by atoms with van der Waals surface area (Å²) in [5.74, 6) is -0.672. The van der Waals surface area contributed by atoms with E-state index < -0.39 is 27.5 Å². The van der Waals surface area contributed by atoms with Gasteiger partial charge < -0.3 is 10.2 Å². The van der Waals surface area contributed by atoms with Gasteiger partial charge in [0, 0.05) is 12.1 Å². The average Bonchev–Trinajstić information content (AvgIpc) is 2.78. The molecule has 0 unspecified atom stereocenters. The predicted molar refractivity (Wildman–Crippen MR) is 151 cm³/mol. The summed E-state index contributed by atoms with van der Waals surface area (Å²) >= 11 is 0. The molecule has 0 aliphatic carbocycles. The third kappa shape index (κ3) is 9.18. The molecule has 1 atom stereocenters. The number of sulfonamides is 1. The molecule has 0 bridgehead atoms. The first kappa shape index (κ1) is 30.4. The van der Waals surface area contributed by atoms with Crippen molar-refractivity contribution in [2.45, 2.75) is 78.3 Å². The Balaban J connectivity index is 2.40. The summed E-state index contributed by atoms with van der Waals surface area (Å²) in [5, 5.41) is 2.97. The highest BCUT2D eigenvalue weighted by atomic mass is 32.2. The van der Waals surface area contributed by atoms with Crippen LogP contribution in [0, 0.1) is 0 Å². The van der Waals surface area contributed by atoms with Crippen LogP contribution in [-0.2, 0) is 31.4 Å². The SMILES string of the molecule is CC[C@@H](C(=O)NC(C)(C)C)N(CCc1ccccc1)C(=O)CN(c1ccc(C(C)(C)C)cc1)S(C)(=O)=O. The highest BCUT2D eigenvalue weighted by Gasteiger charge is 2.32. The molecule has 204 valence electrons. The van der Waals surface area contributed by atoms with Gasteiger partial charge in [-0.15, -0.1) is 0 Å². The Morgan fingerprint density at radius 2 is 1.49 bits per heavy atom. The third-order valence-electron chi connectivity index (χ3n) is 6.07. The van der Waals surface area contributed by atoms with Crippen molar-refractivity contribution in [2.75, 3.05) is 23.7 Å². The summed E-state index contributed by atoms with van der Waals surface area (Å²) < 4.78 is 26.7. The van der Waals surface area contributed by atoms with Crippen LogP contribution in [0.2, 0.25) is 0 Å². The maximum Gasteiger partial charge on any atom is 0.244 e. The van der Waals surface area contributed by atoms with Gasteiger partial charge in [-0.25, -0.2) is 8.42 Å². The molecule has 0 aromatic heterocycles. The lowest BCUT2D eigenvalue weighted by Crippen LogP contribution is -2.56. The van der Waals surface area contributed by atoms with Crippen molar-refractivity contribution < 1.29 is 18.0 Å². The highest BCUT2D eigenvalue weighted by molar-refractivity contribution is 7.92. The molecule has 2 aromatic rings. The van der Waals surface area contributed by atoms with Gasteiger partial charge in [-0.2, -0.15) is 0 Å². The van der Waals surface area contributed by atoms with Crippen LogP contribution in [0.5, 0.6) is 0 Å². The first-order chi connectivity index (χ1) is 17.0. The zero-order valence-corrected chi connectivity index (χ0v) is 24.4. The lowest BCUT2D eigenvalue weighted by molar-refractivity contribution is -0.140. The van der Waals surface area contributed by atoms with E-state index in [-0.39, 0.29) is 17.9 Å². The van der Waals surface area contributed by atoms with E-state index in [4.69, 9.17) is 0 Å². The Bertz CT molecular complexity index is 1150. The van der Waals surface area contributed by atoms with Crippen LogP contribution in [0.25, 0.3) is 0 Å². The molecular formula is C29H43N3O4S. The molecule has 0 saturated heterocycles. The first-order valence-corrected chi connectivity index (χ1v) is 14.6. The Morgan fingerprint density at radius 1 is 0.919 bits per heavy atom. The highest BCUT2D eigenvalue weighted by Crippen LogP contribution is 2.26. The van der Waals surface area contributed by atoms with E-state index in [1.807, 2.05) is 70.2 Å². The summed E-state index contributed by atoms with van der Waals surface area (Å²) in [5.41, 5.74) is 1.95. The zero-order valence-electron chi connectivity index (χ0n) is 23.5. The third-order valence-corrected chi connectivity index (χ3v) is 7.21. The molecular weight excluding hydrogens is 486 g/mol. The molecule has 2 amide bonds. The van der Waals surface area contributed by atoms with Crippen LogP contribution in [-0.4, -0.2) is 56.1 Å². The van der Waals surface area contributed by atoms with Gasteiger partial charge in [-0.3, -0.25) is 13.9 Å². The fraction of sp³-hybridized carbons (Fsp3) is 0.517. The number of nitrogens with one attached hydrogen (secondary N) is 1. The number of hydrogen-bond donors (Lipinski definition) is 1. The number of anilines is 1. The minimum atomic E-state index is -3.76. The van der Waals surface area contributed by atoms with Crippen molar-refractivity contribution in [2.24, 2.45) is 0 Å². The average molecular weight is 530 g/mol. The number of rotatable bonds is 10. The van der Waals surface area contributed by atoms with Crippen molar-refractivity contribution in [3.8, 4) is 0 Å². The second kappa shape index (κ2) is 12.1. The number of hydrogen-bond acceptors (Lipinski definition) is 4. The molecule has 1 N–H and O–H groups in total. The predicted octanol–water partition coefficient (Wildman–Crippen LogP) is 4.51. The Morgan fingerprint density at radius 3 is 1.95 bits per heavy atom. The summed E-state index contributed by atoms with van der Waals surface area (Å²) in [6.45, 7) is 13.7. The maximum atomic E-state index is 13.7. The minimum absolute atomic E-state index is 0.0900. The van der Waals surface area contributed by atoms with Crippen molar-refractivity contribution in [3.63, 3.8) is 0 Å². The second-order valence-corrected chi connectivity index (χ2v) is 13.5. The van der Waals surface area contributed by atoms with Crippen LogP contribution in [0.3, 0.4) is 0 Å². The lowest BCUT2D eigenvalue weighted by Gasteiger charge is -2.34. The molecule has 37 heavy (non-hydrogen) atoms. The Labute approximate surface area is 223 Å². The van der Waals surface area contributed by atoms with E-state index >= 15 is 0 Å². The molecule has 8 heteroatoms. The second-order valence-electron chi connectivity index (χ2n) is 11.6. The molecule has 0 heterocycles. The first-order valence-electron chi connectivity index (χ1n) is 12.8. The van der Waals surface area contributed by atoms with Crippen molar-refractivity contribution >= 4 is 27.5 Å². The standard InChI is InChI=1S/C29H43N3O4S/c1-9-25(27(34)30-29(5,6)7)31(20-19-22-13-11-10-12-14-22)26(33)21-32(37(8,35)36)24-17-15-23(16-18-24)28(2,3)4/h10-18,25H,9,19-21H2,1-8H3,(H,30,34)/t25-/m0/s1. The quantitative estimate of drug-likeness (QED) is 0.491. The van der Waals surface area contributed by atoms with E-state index in [0.29, 0.717) is 25.1 Å². The lowest BCUT2D eigenvalue weighted by atomic mass is 9.87. The van der Waals surface area contributed by atoms with E-state index in [2.05, 4.69) is 26.1 Å². The number of carbonyl (C=O) groups excluding carboxylic acids is 2. The summed E-state index contributed by atoms with van der Waals surface area (Å²) in [6, 6.07) is 16.2. The van der Waals surface area contributed by atoms with Crippen LogP contribution in [0.15, 0.2) is 54.6 Å². The van der Waals surface area contributed by atoms with Gasteiger partial charge in [-0.05, 0) is 62.3 Å². The van der Waals surface area contributed by atoms with E-state index in [0.717, 1.165) is 21.7 Å². The number of benzene rings is 2. The normalized spacial score (nSPS) is 13.1. The molecule has 2 rings (SSSR count). The molecule has 0 aliphatic heterocycles. The molecule has 0 radical (unpaired) electrons. The summed E-state index contributed by atoms with van der Waals surface area (Å²) in [4.78, 5) is 28.4. The van der Waals surface area contributed by atoms with Gasteiger partial charge >= 0.3 is 0 Å². The van der Waals surface area contributed by atoms with E-state index in [9.17, 15) is 18.0 Å². The van der Waals surface area contributed by atoms with Gasteiger partial charge in [0.25, 0.3) is 0 Å². The molecule has 0 fully saturated rings. The van der Waals surface area contributed by atoms with Crippen LogP contribution in [0.4, 0.5) is 5.69 Å². The van der Waals surface area contributed by atoms with Crippen molar-refractivity contribution in [1.29, 1.82) is 0 Å². The van der Waals surface area contributed by atoms with Gasteiger partial charge in [0.2, 0.25) is 21.8 Å². The van der Waals surface area contributed by atoms with Gasteiger partial charge in [0.15, 0.2) is 0 Å². The molecule has 0 saturated carbocycles. The number of carbonyl (C=O) groups is 2. The van der Waals surface area contributed by atoms with E-state index in [1.54, 1.807) is 12.1 Å². The minimum Gasteiger partial charge on any atom is -0.350 e. The smallest absolute Gasteiger partial charge is 0.244 e. The number of amides is 2. The monoisotopic (exact) mass is 529 g/mol. The molecule has 7 nitrogen and oxygen atoms in total. The molecule has 2 aromatic carbocycles. The van der Waals surface area contributed by atoms with Crippen molar-refractivity contribution in [1.82, 2.24) is 10.2 Å². The molecule has 0 spiro atoms. The fourth-order valence-corrected chi connectivity index (χ4v) is 4.94. The van der Waals surface area contributed by atoms with Crippen molar-refractivity contribution in [3.05, 3.63) is 65.7 Å². The largest absolute Gasteiger partial charge is 0.350 e. The van der Waals surface area contributed by atoms with Gasteiger partial charge in [-0.1, -0.05) is 70.2 Å². The topological polar surface area (TPSA) is 86.8 Å². The van der Waals surface area contributed by atoms with Crippen LogP contribution >= 0.6 is 0 Å². The maximum absolute atomic E-state index is 13.7. The van der Waals surface area contributed by atoms with E-state index in [1.165, 1.54) is 4.90 Å². The van der Waals surface area contributed by atoms with Gasteiger partial charge in [0.05, 0.1) is 11.9 Å². The van der Waals surface area contributed by atoms with Crippen LogP contribution in [0.1, 0.15) is 66.0 Å². The van der Waals surface area contributed by atoms with Crippen LogP contribution < -0.4 is 9.62 Å². The Kier molecular flexibility index (Phi) is 9.94. The Hall–Kier alpha value is -2.87. The zero-order chi connectivity index (χ0) is 28.0. The summed E-state index contributed by atoms with van der Waals surface area (Å²) in [7, 11) is -3.76. The fourth-order valence-electron chi connectivity index (χ4n) is 4.09. The summed E-state index contributed by atoms with van der Waals surface area (Å²) in [6.07, 6.45) is 2.04. The van der Waals surface area contributed by atoms with Gasteiger partial charge in [0.1, 0.15) is 12.6 Å². The molecule has 0 aliphatic rings. The number of nitrogens with zero attached hydrogens (tertiary/aromatic N) is 2.